The molecule has 1 aliphatic rings. The Kier molecular flexibility index (Phi) is 4.17. The van der Waals surface area contributed by atoms with E-state index in [4.69, 9.17) is 35.4 Å². The van der Waals surface area contributed by atoms with Gasteiger partial charge in [-0.15, -0.1) is 0 Å². The highest BCUT2D eigenvalue weighted by Crippen LogP contribution is 2.24. The third-order valence-electron chi connectivity index (χ3n) is 3.59. The fourth-order valence-electron chi connectivity index (χ4n) is 2.57. The van der Waals surface area contributed by atoms with Gasteiger partial charge >= 0.3 is 0 Å². The molecule has 0 spiro atoms. The fourth-order valence-corrected chi connectivity index (χ4v) is 3.16. The van der Waals surface area contributed by atoms with Gasteiger partial charge in [0.1, 0.15) is 0 Å². The summed E-state index contributed by atoms with van der Waals surface area (Å²) >= 11 is 17.2. The van der Waals surface area contributed by atoms with E-state index in [0.29, 0.717) is 34.3 Å². The first kappa shape index (κ1) is 14.8. The Bertz CT molecular complexity index is 800. The lowest BCUT2D eigenvalue weighted by Crippen LogP contribution is -2.34. The van der Waals surface area contributed by atoms with E-state index >= 15 is 0 Å². The van der Waals surface area contributed by atoms with Crippen molar-refractivity contribution in [3.8, 4) is 0 Å². The number of aromatic amines is 2. The van der Waals surface area contributed by atoms with Crippen LogP contribution in [-0.2, 0) is 19.5 Å². The van der Waals surface area contributed by atoms with E-state index in [1.807, 2.05) is 6.07 Å². The SMILES string of the molecule is O=c1[nH]c(=S)[nH]c2c1CCN(Cc1cc(Cl)ccc1Cl)C2. The molecule has 4 nitrogen and oxygen atoms in total. The summed E-state index contributed by atoms with van der Waals surface area (Å²) in [5.74, 6) is 0. The minimum absolute atomic E-state index is 0.0887. The molecule has 21 heavy (non-hydrogen) atoms. The van der Waals surface area contributed by atoms with E-state index < -0.39 is 0 Å². The van der Waals surface area contributed by atoms with Crippen LogP contribution in [0.5, 0.6) is 0 Å². The molecule has 0 fully saturated rings. The largest absolute Gasteiger partial charge is 0.334 e. The molecule has 0 radical (unpaired) electrons. The average molecular weight is 342 g/mol. The molecule has 0 saturated carbocycles. The van der Waals surface area contributed by atoms with E-state index in [0.717, 1.165) is 23.4 Å². The van der Waals surface area contributed by atoms with Gasteiger partial charge in [-0.25, -0.2) is 0 Å². The molecule has 0 aliphatic carbocycles. The molecule has 0 atom stereocenters. The summed E-state index contributed by atoms with van der Waals surface area (Å²) in [6.45, 7) is 2.13. The van der Waals surface area contributed by atoms with Gasteiger partial charge < -0.3 is 4.98 Å². The maximum atomic E-state index is 11.8. The molecule has 0 bridgehead atoms. The molecule has 0 saturated heterocycles. The normalized spacial score (nSPS) is 15.0. The van der Waals surface area contributed by atoms with Crippen LogP contribution in [0, 0.1) is 4.77 Å². The Morgan fingerprint density at radius 3 is 2.90 bits per heavy atom. The third kappa shape index (κ3) is 3.21. The van der Waals surface area contributed by atoms with Gasteiger partial charge in [0.15, 0.2) is 4.77 Å². The van der Waals surface area contributed by atoms with Crippen LogP contribution >= 0.6 is 35.4 Å². The summed E-state index contributed by atoms with van der Waals surface area (Å²) in [6.07, 6.45) is 0.689. The summed E-state index contributed by atoms with van der Waals surface area (Å²) < 4.78 is 0.362. The van der Waals surface area contributed by atoms with Crippen LogP contribution in [0.3, 0.4) is 0 Å². The standard InChI is InChI=1S/C14H13Cl2N3OS/c15-9-1-2-11(16)8(5-9)6-19-4-3-10-12(7-19)17-14(21)18-13(10)20/h1-2,5H,3-4,6-7H2,(H2,17,18,20,21). The van der Waals surface area contributed by atoms with Crippen LogP contribution in [0.2, 0.25) is 10.0 Å². The minimum atomic E-state index is -0.0887. The number of nitrogens with zero attached hydrogens (tertiary/aromatic N) is 1. The maximum absolute atomic E-state index is 11.8. The summed E-state index contributed by atoms with van der Waals surface area (Å²) in [7, 11) is 0. The van der Waals surface area contributed by atoms with Crippen molar-refractivity contribution in [2.75, 3.05) is 6.54 Å². The molecule has 1 aromatic carbocycles. The van der Waals surface area contributed by atoms with Gasteiger partial charge in [0.2, 0.25) is 0 Å². The molecule has 2 aromatic rings. The number of aromatic nitrogens is 2. The summed E-state index contributed by atoms with van der Waals surface area (Å²) in [5.41, 5.74) is 2.57. The van der Waals surface area contributed by atoms with Gasteiger partial charge in [0.25, 0.3) is 5.56 Å². The van der Waals surface area contributed by atoms with Crippen molar-refractivity contribution in [1.29, 1.82) is 0 Å². The Labute approximate surface area is 136 Å². The molecular formula is C14H13Cl2N3OS. The Hall–Kier alpha value is -1.14. The minimum Gasteiger partial charge on any atom is -0.334 e. The maximum Gasteiger partial charge on any atom is 0.255 e. The van der Waals surface area contributed by atoms with Crippen LogP contribution < -0.4 is 5.56 Å². The zero-order valence-corrected chi connectivity index (χ0v) is 13.4. The van der Waals surface area contributed by atoms with Crippen molar-refractivity contribution in [2.45, 2.75) is 19.5 Å². The second-order valence-electron chi connectivity index (χ2n) is 5.06. The molecule has 0 amide bonds. The van der Waals surface area contributed by atoms with E-state index in [9.17, 15) is 4.79 Å². The molecule has 3 rings (SSSR count). The summed E-state index contributed by atoms with van der Waals surface area (Å²) in [6, 6.07) is 5.45. The Morgan fingerprint density at radius 1 is 1.29 bits per heavy atom. The molecule has 110 valence electrons. The number of hydrogen-bond acceptors (Lipinski definition) is 3. The van der Waals surface area contributed by atoms with Crippen LogP contribution in [0.4, 0.5) is 0 Å². The smallest absolute Gasteiger partial charge is 0.255 e. The molecule has 7 heteroatoms. The molecule has 2 heterocycles. The highest BCUT2D eigenvalue weighted by atomic mass is 35.5. The van der Waals surface area contributed by atoms with Crippen LogP contribution in [0.25, 0.3) is 0 Å². The zero-order chi connectivity index (χ0) is 15.0. The molecule has 2 N–H and O–H groups in total. The van der Waals surface area contributed by atoms with Gasteiger partial charge in [0, 0.05) is 40.9 Å². The van der Waals surface area contributed by atoms with Gasteiger partial charge in [-0.05, 0) is 42.4 Å². The number of nitrogens with one attached hydrogen (secondary N) is 2. The lowest BCUT2D eigenvalue weighted by molar-refractivity contribution is 0.240. The Morgan fingerprint density at radius 2 is 2.10 bits per heavy atom. The number of benzene rings is 1. The lowest BCUT2D eigenvalue weighted by atomic mass is 10.1. The zero-order valence-electron chi connectivity index (χ0n) is 11.1. The monoisotopic (exact) mass is 341 g/mol. The highest BCUT2D eigenvalue weighted by molar-refractivity contribution is 7.71. The first-order valence-electron chi connectivity index (χ1n) is 6.53. The van der Waals surface area contributed by atoms with Gasteiger partial charge in [-0.2, -0.15) is 0 Å². The first-order valence-corrected chi connectivity index (χ1v) is 7.70. The quantitative estimate of drug-likeness (QED) is 0.824. The number of fused-ring (bicyclic) bond motifs is 1. The Balaban J connectivity index is 1.85. The predicted octanol–water partition coefficient (Wildman–Crippen LogP) is 3.30. The topological polar surface area (TPSA) is 51.9 Å². The first-order chi connectivity index (χ1) is 10.0. The van der Waals surface area contributed by atoms with Crippen molar-refractivity contribution in [2.24, 2.45) is 0 Å². The van der Waals surface area contributed by atoms with Crippen molar-refractivity contribution in [1.82, 2.24) is 14.9 Å². The fraction of sp³-hybridized carbons (Fsp3) is 0.286. The van der Waals surface area contributed by atoms with E-state index in [-0.39, 0.29) is 5.56 Å². The van der Waals surface area contributed by atoms with Crippen LogP contribution in [-0.4, -0.2) is 21.4 Å². The van der Waals surface area contributed by atoms with Crippen molar-refractivity contribution in [3.63, 3.8) is 0 Å². The molecule has 0 unspecified atom stereocenters. The van der Waals surface area contributed by atoms with Crippen molar-refractivity contribution in [3.05, 3.63) is 60.2 Å². The average Bonchev–Trinajstić information content (AvgIpc) is 2.42. The van der Waals surface area contributed by atoms with Gasteiger partial charge in [-0.1, -0.05) is 23.2 Å². The van der Waals surface area contributed by atoms with E-state index in [1.54, 1.807) is 12.1 Å². The second-order valence-corrected chi connectivity index (χ2v) is 6.31. The van der Waals surface area contributed by atoms with Gasteiger partial charge in [-0.3, -0.25) is 14.7 Å². The summed E-state index contributed by atoms with van der Waals surface area (Å²) in [4.78, 5) is 19.8. The van der Waals surface area contributed by atoms with Gasteiger partial charge in [0.05, 0.1) is 0 Å². The van der Waals surface area contributed by atoms with Crippen molar-refractivity contribution < 1.29 is 0 Å². The number of rotatable bonds is 2. The van der Waals surface area contributed by atoms with Crippen molar-refractivity contribution >= 4 is 35.4 Å². The molecular weight excluding hydrogens is 329 g/mol. The highest BCUT2D eigenvalue weighted by Gasteiger charge is 2.20. The number of hydrogen-bond donors (Lipinski definition) is 2. The van der Waals surface area contributed by atoms with E-state index in [1.165, 1.54) is 0 Å². The second kappa shape index (κ2) is 5.93. The van der Waals surface area contributed by atoms with E-state index in [2.05, 4.69) is 14.9 Å². The number of halogens is 2. The third-order valence-corrected chi connectivity index (χ3v) is 4.40. The molecule has 1 aliphatic heterocycles. The lowest BCUT2D eigenvalue weighted by Gasteiger charge is -2.28. The summed E-state index contributed by atoms with van der Waals surface area (Å²) in [5, 5.41) is 1.37. The van der Waals surface area contributed by atoms with Crippen LogP contribution in [0.1, 0.15) is 16.8 Å². The predicted molar refractivity (Wildman–Crippen MR) is 86.5 cm³/mol. The molecule has 1 aromatic heterocycles. The number of H-pyrrole nitrogens is 2. The van der Waals surface area contributed by atoms with Crippen LogP contribution in [0.15, 0.2) is 23.0 Å².